The van der Waals surface area contributed by atoms with Gasteiger partial charge in [-0.25, -0.2) is 4.98 Å². The topological polar surface area (TPSA) is 43.1 Å². The van der Waals surface area contributed by atoms with Crippen molar-refractivity contribution in [2.45, 2.75) is 20.3 Å². The molecule has 4 nitrogen and oxygen atoms in total. The summed E-state index contributed by atoms with van der Waals surface area (Å²) in [5, 5.41) is 6.62. The predicted octanol–water partition coefficient (Wildman–Crippen LogP) is 3.05. The SMILES string of the molecule is CC(C)Cc1nc2nccc(-c3cccs3)n2n1. The van der Waals surface area contributed by atoms with E-state index in [0.717, 1.165) is 17.9 Å². The van der Waals surface area contributed by atoms with Crippen LogP contribution in [0.4, 0.5) is 0 Å². The third kappa shape index (κ3) is 2.01. The van der Waals surface area contributed by atoms with Gasteiger partial charge in [0, 0.05) is 12.6 Å². The minimum Gasteiger partial charge on any atom is -0.220 e. The summed E-state index contributed by atoms with van der Waals surface area (Å²) in [6.07, 6.45) is 2.67. The summed E-state index contributed by atoms with van der Waals surface area (Å²) in [6.45, 7) is 4.33. The molecule has 5 heteroatoms. The highest BCUT2D eigenvalue weighted by Crippen LogP contribution is 2.24. The zero-order valence-electron chi connectivity index (χ0n) is 10.4. The molecule has 0 fully saturated rings. The molecule has 0 saturated heterocycles. The van der Waals surface area contributed by atoms with Gasteiger partial charge in [0.25, 0.3) is 5.78 Å². The zero-order chi connectivity index (χ0) is 12.5. The third-order valence-electron chi connectivity index (χ3n) is 2.65. The average molecular weight is 258 g/mol. The Balaban J connectivity index is 2.13. The molecule has 0 radical (unpaired) electrons. The lowest BCUT2D eigenvalue weighted by Gasteiger charge is -1.99. The first kappa shape index (κ1) is 11.3. The van der Waals surface area contributed by atoms with Gasteiger partial charge in [0.15, 0.2) is 5.82 Å². The van der Waals surface area contributed by atoms with Crippen LogP contribution >= 0.6 is 11.3 Å². The van der Waals surface area contributed by atoms with Gasteiger partial charge in [-0.3, -0.25) is 0 Å². The van der Waals surface area contributed by atoms with Crippen molar-refractivity contribution in [3.63, 3.8) is 0 Å². The molecular formula is C13H14N4S. The van der Waals surface area contributed by atoms with E-state index >= 15 is 0 Å². The maximum atomic E-state index is 4.56. The van der Waals surface area contributed by atoms with Crippen molar-refractivity contribution in [1.82, 2.24) is 19.6 Å². The first-order valence-corrected chi connectivity index (χ1v) is 6.86. The molecule has 0 aliphatic carbocycles. The van der Waals surface area contributed by atoms with Crippen LogP contribution in [0.1, 0.15) is 19.7 Å². The van der Waals surface area contributed by atoms with Crippen molar-refractivity contribution in [1.29, 1.82) is 0 Å². The van der Waals surface area contributed by atoms with Crippen LogP contribution in [0.5, 0.6) is 0 Å². The van der Waals surface area contributed by atoms with E-state index in [-0.39, 0.29) is 0 Å². The minimum absolute atomic E-state index is 0.549. The van der Waals surface area contributed by atoms with Crippen molar-refractivity contribution in [2.75, 3.05) is 0 Å². The van der Waals surface area contributed by atoms with Crippen molar-refractivity contribution in [3.05, 3.63) is 35.6 Å². The Labute approximate surface area is 109 Å². The Hall–Kier alpha value is -1.75. The van der Waals surface area contributed by atoms with Gasteiger partial charge in [0.2, 0.25) is 0 Å². The lowest BCUT2D eigenvalue weighted by Crippen LogP contribution is -1.97. The Morgan fingerprint density at radius 1 is 1.33 bits per heavy atom. The van der Waals surface area contributed by atoms with Gasteiger partial charge in [0.1, 0.15) is 0 Å². The van der Waals surface area contributed by atoms with E-state index in [2.05, 4.69) is 40.4 Å². The molecule has 0 saturated carbocycles. The average Bonchev–Trinajstić information content (AvgIpc) is 2.94. The number of nitrogens with zero attached hydrogens (tertiary/aromatic N) is 4. The van der Waals surface area contributed by atoms with Gasteiger partial charge in [-0.2, -0.15) is 9.50 Å². The van der Waals surface area contributed by atoms with Gasteiger partial charge in [-0.05, 0) is 23.4 Å². The molecule has 0 amide bonds. The molecule has 0 unspecified atom stereocenters. The van der Waals surface area contributed by atoms with Crippen LogP contribution in [0, 0.1) is 5.92 Å². The number of aromatic nitrogens is 4. The smallest absolute Gasteiger partial charge is 0.220 e. The monoisotopic (exact) mass is 258 g/mol. The first-order chi connectivity index (χ1) is 8.74. The summed E-state index contributed by atoms with van der Waals surface area (Å²) in [4.78, 5) is 9.93. The van der Waals surface area contributed by atoms with Gasteiger partial charge in [0.05, 0.1) is 10.6 Å². The largest absolute Gasteiger partial charge is 0.252 e. The molecular weight excluding hydrogens is 244 g/mol. The van der Waals surface area contributed by atoms with Crippen LogP contribution < -0.4 is 0 Å². The standard InChI is InChI=1S/C13H14N4S/c1-9(2)8-12-15-13-14-6-5-10(17(13)16-12)11-4-3-7-18-11/h3-7,9H,8H2,1-2H3. The molecule has 0 aliphatic rings. The van der Waals surface area contributed by atoms with Crippen LogP contribution in [-0.4, -0.2) is 19.6 Å². The highest BCUT2D eigenvalue weighted by Gasteiger charge is 2.11. The lowest BCUT2D eigenvalue weighted by atomic mass is 10.1. The lowest BCUT2D eigenvalue weighted by molar-refractivity contribution is 0.620. The third-order valence-corrected chi connectivity index (χ3v) is 3.54. The Kier molecular flexibility index (Phi) is 2.83. The van der Waals surface area contributed by atoms with E-state index < -0.39 is 0 Å². The minimum atomic E-state index is 0.549. The molecule has 3 aromatic heterocycles. The second kappa shape index (κ2) is 4.49. The fraction of sp³-hybridized carbons (Fsp3) is 0.308. The van der Waals surface area contributed by atoms with E-state index in [1.54, 1.807) is 17.5 Å². The Morgan fingerprint density at radius 2 is 2.22 bits per heavy atom. The summed E-state index contributed by atoms with van der Waals surface area (Å²) < 4.78 is 1.84. The number of rotatable bonds is 3. The number of thiophene rings is 1. The summed E-state index contributed by atoms with van der Waals surface area (Å²) in [5.41, 5.74) is 1.05. The summed E-state index contributed by atoms with van der Waals surface area (Å²) in [6, 6.07) is 6.11. The second-order valence-electron chi connectivity index (χ2n) is 4.65. The Bertz CT molecular complexity index is 655. The predicted molar refractivity (Wildman–Crippen MR) is 72.6 cm³/mol. The summed E-state index contributed by atoms with van der Waals surface area (Å²) >= 11 is 1.70. The van der Waals surface area contributed by atoms with E-state index in [1.807, 2.05) is 16.6 Å². The van der Waals surface area contributed by atoms with Crippen LogP contribution in [0.15, 0.2) is 29.8 Å². The van der Waals surface area contributed by atoms with E-state index in [9.17, 15) is 0 Å². The van der Waals surface area contributed by atoms with Crippen LogP contribution in [0.25, 0.3) is 16.3 Å². The molecule has 0 bridgehead atoms. The molecule has 92 valence electrons. The molecule has 18 heavy (non-hydrogen) atoms. The van der Waals surface area contributed by atoms with Crippen molar-refractivity contribution in [3.8, 4) is 10.6 Å². The molecule has 0 atom stereocenters. The van der Waals surface area contributed by atoms with Crippen LogP contribution in [-0.2, 0) is 6.42 Å². The quantitative estimate of drug-likeness (QED) is 0.725. The number of hydrogen-bond donors (Lipinski definition) is 0. The van der Waals surface area contributed by atoms with Crippen molar-refractivity contribution in [2.24, 2.45) is 5.92 Å². The molecule has 0 spiro atoms. The van der Waals surface area contributed by atoms with Gasteiger partial charge in [-0.15, -0.1) is 16.4 Å². The van der Waals surface area contributed by atoms with Crippen molar-refractivity contribution >= 4 is 17.1 Å². The summed E-state index contributed by atoms with van der Waals surface area (Å²) in [7, 11) is 0. The first-order valence-electron chi connectivity index (χ1n) is 5.98. The molecule has 3 aromatic rings. The van der Waals surface area contributed by atoms with Gasteiger partial charge < -0.3 is 0 Å². The second-order valence-corrected chi connectivity index (χ2v) is 5.59. The molecule has 0 aromatic carbocycles. The van der Waals surface area contributed by atoms with Crippen LogP contribution in [0.2, 0.25) is 0 Å². The molecule has 3 heterocycles. The van der Waals surface area contributed by atoms with Crippen LogP contribution in [0.3, 0.4) is 0 Å². The maximum Gasteiger partial charge on any atom is 0.252 e. The Morgan fingerprint density at radius 3 is 2.94 bits per heavy atom. The van der Waals surface area contributed by atoms with E-state index in [0.29, 0.717) is 11.7 Å². The molecule has 0 aliphatic heterocycles. The van der Waals surface area contributed by atoms with Gasteiger partial charge >= 0.3 is 0 Å². The maximum absolute atomic E-state index is 4.56. The normalized spacial score (nSPS) is 11.5. The molecule has 0 N–H and O–H groups in total. The van der Waals surface area contributed by atoms with E-state index in [1.165, 1.54) is 4.88 Å². The van der Waals surface area contributed by atoms with Gasteiger partial charge in [-0.1, -0.05) is 19.9 Å². The summed E-state index contributed by atoms with van der Waals surface area (Å²) in [5.74, 6) is 2.09. The highest BCUT2D eigenvalue weighted by atomic mass is 32.1. The van der Waals surface area contributed by atoms with E-state index in [4.69, 9.17) is 0 Å². The fourth-order valence-corrected chi connectivity index (χ4v) is 2.63. The zero-order valence-corrected chi connectivity index (χ0v) is 11.2. The number of fused-ring (bicyclic) bond motifs is 1. The van der Waals surface area contributed by atoms with Crippen molar-refractivity contribution < 1.29 is 0 Å². The fourth-order valence-electron chi connectivity index (χ4n) is 1.90. The molecule has 3 rings (SSSR count). The number of hydrogen-bond acceptors (Lipinski definition) is 4. The highest BCUT2D eigenvalue weighted by molar-refractivity contribution is 7.13.